The molecule has 0 radical (unpaired) electrons. The third-order valence-electron chi connectivity index (χ3n) is 2.80. The summed E-state index contributed by atoms with van der Waals surface area (Å²) in [6.45, 7) is 9.72. The van der Waals surface area contributed by atoms with Gasteiger partial charge in [-0.3, -0.25) is 9.59 Å². The Morgan fingerprint density at radius 2 is 1.70 bits per heavy atom. The van der Waals surface area contributed by atoms with Crippen LogP contribution < -0.4 is 10.2 Å². The first-order valence-electron chi connectivity index (χ1n) is 6.85. The van der Waals surface area contributed by atoms with Crippen molar-refractivity contribution in [1.82, 2.24) is 5.32 Å². The fourth-order valence-corrected chi connectivity index (χ4v) is 1.89. The van der Waals surface area contributed by atoms with E-state index in [1.165, 1.54) is 6.92 Å². The molecule has 1 aromatic rings. The molecule has 110 valence electrons. The van der Waals surface area contributed by atoms with E-state index in [0.717, 1.165) is 11.3 Å². The van der Waals surface area contributed by atoms with Crippen molar-refractivity contribution in [2.75, 3.05) is 11.4 Å². The van der Waals surface area contributed by atoms with Crippen LogP contribution in [-0.2, 0) is 9.59 Å². The van der Waals surface area contributed by atoms with Crippen LogP contribution in [-0.4, -0.2) is 23.9 Å². The van der Waals surface area contributed by atoms with Gasteiger partial charge < -0.3 is 10.2 Å². The Morgan fingerprint density at radius 3 is 2.15 bits per heavy atom. The highest BCUT2D eigenvalue weighted by Crippen LogP contribution is 2.15. The van der Waals surface area contributed by atoms with Crippen LogP contribution in [0, 0.1) is 6.92 Å². The molecule has 0 aromatic heterocycles. The Bertz CT molecular complexity index is 472. The third-order valence-corrected chi connectivity index (χ3v) is 2.80. The molecule has 0 aliphatic carbocycles. The molecule has 0 spiro atoms. The smallest absolute Gasteiger partial charge is 0.223 e. The number of anilines is 1. The van der Waals surface area contributed by atoms with Crippen LogP contribution in [0.15, 0.2) is 24.3 Å². The van der Waals surface area contributed by atoms with Crippen molar-refractivity contribution in [3.8, 4) is 0 Å². The molecule has 0 saturated carbocycles. The van der Waals surface area contributed by atoms with Gasteiger partial charge in [0.1, 0.15) is 0 Å². The molecule has 4 nitrogen and oxygen atoms in total. The summed E-state index contributed by atoms with van der Waals surface area (Å²) >= 11 is 0. The highest BCUT2D eigenvalue weighted by Gasteiger charge is 2.16. The van der Waals surface area contributed by atoms with Crippen LogP contribution in [0.5, 0.6) is 0 Å². The molecule has 0 saturated heterocycles. The summed E-state index contributed by atoms with van der Waals surface area (Å²) in [5.41, 5.74) is 1.72. The van der Waals surface area contributed by atoms with Crippen molar-refractivity contribution in [2.45, 2.75) is 46.6 Å². The SMILES string of the molecule is CC(=O)N(CCC(=O)NC(C)(C)C)c1ccc(C)cc1. The van der Waals surface area contributed by atoms with Crippen LogP contribution in [0.3, 0.4) is 0 Å². The van der Waals surface area contributed by atoms with Gasteiger partial charge in [-0.15, -0.1) is 0 Å². The zero-order chi connectivity index (χ0) is 15.3. The molecule has 0 unspecified atom stereocenters. The minimum Gasteiger partial charge on any atom is -0.351 e. The molecule has 0 bridgehead atoms. The first kappa shape index (κ1) is 16.2. The molecule has 1 aromatic carbocycles. The Kier molecular flexibility index (Phi) is 5.31. The number of rotatable bonds is 4. The van der Waals surface area contributed by atoms with Crippen LogP contribution >= 0.6 is 0 Å². The summed E-state index contributed by atoms with van der Waals surface area (Å²) < 4.78 is 0. The normalized spacial score (nSPS) is 11.1. The van der Waals surface area contributed by atoms with Gasteiger partial charge in [-0.1, -0.05) is 17.7 Å². The van der Waals surface area contributed by atoms with Crippen molar-refractivity contribution in [1.29, 1.82) is 0 Å². The van der Waals surface area contributed by atoms with E-state index >= 15 is 0 Å². The highest BCUT2D eigenvalue weighted by atomic mass is 16.2. The number of nitrogens with one attached hydrogen (secondary N) is 1. The molecule has 4 heteroatoms. The van der Waals surface area contributed by atoms with Crippen molar-refractivity contribution in [3.05, 3.63) is 29.8 Å². The first-order chi connectivity index (χ1) is 9.19. The van der Waals surface area contributed by atoms with E-state index in [1.54, 1.807) is 4.90 Å². The summed E-state index contributed by atoms with van der Waals surface area (Å²) in [6, 6.07) is 7.72. The summed E-state index contributed by atoms with van der Waals surface area (Å²) in [4.78, 5) is 25.2. The van der Waals surface area contributed by atoms with Crippen molar-refractivity contribution in [3.63, 3.8) is 0 Å². The maximum absolute atomic E-state index is 11.8. The zero-order valence-corrected chi connectivity index (χ0v) is 13.0. The predicted octanol–water partition coefficient (Wildman–Crippen LogP) is 2.65. The van der Waals surface area contributed by atoms with Crippen LogP contribution in [0.4, 0.5) is 5.69 Å². The summed E-state index contributed by atoms with van der Waals surface area (Å²) in [5, 5.41) is 2.90. The predicted molar refractivity (Wildman–Crippen MR) is 81.7 cm³/mol. The Labute approximate surface area is 121 Å². The fourth-order valence-electron chi connectivity index (χ4n) is 1.89. The van der Waals surface area contributed by atoms with Crippen LogP contribution in [0.2, 0.25) is 0 Å². The molecule has 0 heterocycles. The van der Waals surface area contributed by atoms with E-state index in [-0.39, 0.29) is 17.4 Å². The molecule has 0 atom stereocenters. The van der Waals surface area contributed by atoms with Crippen LogP contribution in [0.1, 0.15) is 39.7 Å². The summed E-state index contributed by atoms with van der Waals surface area (Å²) in [6.07, 6.45) is 0.296. The molecule has 1 rings (SSSR count). The van der Waals surface area contributed by atoms with Gasteiger partial charge in [-0.05, 0) is 39.8 Å². The van der Waals surface area contributed by atoms with E-state index in [9.17, 15) is 9.59 Å². The van der Waals surface area contributed by atoms with E-state index in [4.69, 9.17) is 0 Å². The molecule has 0 aliphatic heterocycles. The van der Waals surface area contributed by atoms with E-state index < -0.39 is 0 Å². The first-order valence-corrected chi connectivity index (χ1v) is 6.85. The molecule has 1 N–H and O–H groups in total. The number of aryl methyl sites for hydroxylation is 1. The monoisotopic (exact) mass is 276 g/mol. The number of nitrogens with zero attached hydrogens (tertiary/aromatic N) is 1. The second-order valence-corrected chi connectivity index (χ2v) is 6.05. The lowest BCUT2D eigenvalue weighted by Gasteiger charge is -2.24. The minimum atomic E-state index is -0.248. The van der Waals surface area contributed by atoms with Crippen LogP contribution in [0.25, 0.3) is 0 Å². The number of carbonyl (C=O) groups is 2. The largest absolute Gasteiger partial charge is 0.351 e. The number of amides is 2. The van der Waals surface area contributed by atoms with Gasteiger partial charge in [0, 0.05) is 31.1 Å². The lowest BCUT2D eigenvalue weighted by molar-refractivity contribution is -0.122. The maximum atomic E-state index is 11.8. The Morgan fingerprint density at radius 1 is 1.15 bits per heavy atom. The number of hydrogen-bond acceptors (Lipinski definition) is 2. The van der Waals surface area contributed by atoms with Crippen molar-refractivity contribution < 1.29 is 9.59 Å². The number of hydrogen-bond donors (Lipinski definition) is 1. The Balaban J connectivity index is 2.67. The summed E-state index contributed by atoms with van der Waals surface area (Å²) in [7, 11) is 0. The second-order valence-electron chi connectivity index (χ2n) is 6.05. The highest BCUT2D eigenvalue weighted by molar-refractivity contribution is 5.92. The van der Waals surface area contributed by atoms with Gasteiger partial charge in [0.05, 0.1) is 0 Å². The van der Waals surface area contributed by atoms with E-state index in [1.807, 2.05) is 52.0 Å². The van der Waals surface area contributed by atoms with E-state index in [2.05, 4.69) is 5.32 Å². The van der Waals surface area contributed by atoms with Crippen molar-refractivity contribution >= 4 is 17.5 Å². The van der Waals surface area contributed by atoms with Gasteiger partial charge in [0.2, 0.25) is 11.8 Å². The maximum Gasteiger partial charge on any atom is 0.223 e. The lowest BCUT2D eigenvalue weighted by Crippen LogP contribution is -2.42. The minimum absolute atomic E-state index is 0.0455. The zero-order valence-electron chi connectivity index (χ0n) is 13.0. The number of benzene rings is 1. The molecular formula is C16H24N2O2. The third kappa shape index (κ3) is 5.43. The van der Waals surface area contributed by atoms with Gasteiger partial charge in [0.15, 0.2) is 0 Å². The molecule has 0 aliphatic rings. The van der Waals surface area contributed by atoms with Gasteiger partial charge >= 0.3 is 0 Å². The van der Waals surface area contributed by atoms with Crippen molar-refractivity contribution in [2.24, 2.45) is 0 Å². The topological polar surface area (TPSA) is 49.4 Å². The summed E-state index contributed by atoms with van der Waals surface area (Å²) in [5.74, 6) is -0.103. The van der Waals surface area contributed by atoms with Gasteiger partial charge in [0.25, 0.3) is 0 Å². The molecule has 0 fully saturated rings. The Hall–Kier alpha value is -1.84. The lowest BCUT2D eigenvalue weighted by atomic mass is 10.1. The average Bonchev–Trinajstić information content (AvgIpc) is 2.29. The molecule has 20 heavy (non-hydrogen) atoms. The number of carbonyl (C=O) groups excluding carboxylic acids is 2. The van der Waals surface area contributed by atoms with E-state index in [0.29, 0.717) is 13.0 Å². The second kappa shape index (κ2) is 6.55. The fraction of sp³-hybridized carbons (Fsp3) is 0.500. The molecule has 2 amide bonds. The average molecular weight is 276 g/mol. The van der Waals surface area contributed by atoms with Gasteiger partial charge in [-0.25, -0.2) is 0 Å². The molecular weight excluding hydrogens is 252 g/mol. The standard InChI is InChI=1S/C16H24N2O2/c1-12-6-8-14(9-7-12)18(13(2)19)11-10-15(20)17-16(3,4)5/h6-9H,10-11H2,1-5H3,(H,17,20). The van der Waals surface area contributed by atoms with Gasteiger partial charge in [-0.2, -0.15) is 0 Å². The quantitative estimate of drug-likeness (QED) is 0.919.